The molecule has 1 amide bonds. The molecular formula is C21H28N2O3S. The number of anilines is 1. The van der Waals surface area contributed by atoms with E-state index >= 15 is 0 Å². The van der Waals surface area contributed by atoms with Gasteiger partial charge in [0.2, 0.25) is 0 Å². The van der Waals surface area contributed by atoms with Crippen LogP contribution in [0.25, 0.3) is 0 Å². The number of carbonyl (C=O) groups excluding carboxylic acids is 1. The van der Waals surface area contributed by atoms with Crippen LogP contribution >= 0.6 is 0 Å². The van der Waals surface area contributed by atoms with Crippen LogP contribution in [0, 0.1) is 0 Å². The van der Waals surface area contributed by atoms with Crippen LogP contribution in [0.5, 0.6) is 0 Å². The van der Waals surface area contributed by atoms with Crippen molar-refractivity contribution >= 4 is 21.6 Å². The summed E-state index contributed by atoms with van der Waals surface area (Å²) in [5.74, 6) is 0.334. The lowest BCUT2D eigenvalue weighted by atomic mass is 9.99. The highest BCUT2D eigenvalue weighted by molar-refractivity contribution is 7.92. The van der Waals surface area contributed by atoms with Crippen molar-refractivity contribution in [3.63, 3.8) is 0 Å². The smallest absolute Gasteiger partial charge is 0.261 e. The summed E-state index contributed by atoms with van der Waals surface area (Å²) >= 11 is 0. The predicted octanol–water partition coefficient (Wildman–Crippen LogP) is 4.48. The molecule has 0 heterocycles. The predicted molar refractivity (Wildman–Crippen MR) is 110 cm³/mol. The van der Waals surface area contributed by atoms with Gasteiger partial charge in [-0.05, 0) is 68.1 Å². The third-order valence-electron chi connectivity index (χ3n) is 4.81. The van der Waals surface area contributed by atoms with Crippen molar-refractivity contribution < 1.29 is 13.2 Å². The number of nitrogens with zero attached hydrogens (tertiary/aromatic N) is 1. The molecule has 2 aromatic rings. The van der Waals surface area contributed by atoms with Crippen molar-refractivity contribution in [2.75, 3.05) is 17.8 Å². The second-order valence-electron chi connectivity index (χ2n) is 6.54. The van der Waals surface area contributed by atoms with E-state index in [1.807, 2.05) is 26.0 Å². The maximum atomic E-state index is 12.6. The van der Waals surface area contributed by atoms with Gasteiger partial charge in [-0.1, -0.05) is 26.0 Å². The van der Waals surface area contributed by atoms with E-state index in [2.05, 4.69) is 18.6 Å². The Balaban J connectivity index is 2.14. The molecule has 1 N–H and O–H groups in total. The van der Waals surface area contributed by atoms with Crippen LogP contribution < -0.4 is 4.72 Å². The Labute approximate surface area is 162 Å². The van der Waals surface area contributed by atoms with E-state index in [0.29, 0.717) is 30.3 Å². The van der Waals surface area contributed by atoms with Gasteiger partial charge in [-0.15, -0.1) is 0 Å². The first-order chi connectivity index (χ1) is 12.8. The first-order valence-electron chi connectivity index (χ1n) is 9.34. The number of carbonyl (C=O) groups is 1. The van der Waals surface area contributed by atoms with Crippen LogP contribution in [-0.4, -0.2) is 32.3 Å². The second-order valence-corrected chi connectivity index (χ2v) is 8.22. The number of nitrogens with one attached hydrogen (secondary N) is 1. The van der Waals surface area contributed by atoms with Gasteiger partial charge in [0, 0.05) is 24.3 Å². The topological polar surface area (TPSA) is 66.5 Å². The largest absolute Gasteiger partial charge is 0.339 e. The second kappa shape index (κ2) is 9.04. The summed E-state index contributed by atoms with van der Waals surface area (Å²) in [4.78, 5) is 14.3. The fraction of sp³-hybridized carbons (Fsp3) is 0.381. The summed E-state index contributed by atoms with van der Waals surface area (Å²) in [5, 5.41) is 0. The summed E-state index contributed by atoms with van der Waals surface area (Å²) in [7, 11) is -3.67. The molecule has 0 fully saturated rings. The fourth-order valence-corrected chi connectivity index (χ4v) is 3.86. The normalized spacial score (nSPS) is 12.4. The van der Waals surface area contributed by atoms with E-state index in [9.17, 15) is 13.2 Å². The number of hydrogen-bond donors (Lipinski definition) is 1. The highest BCUT2D eigenvalue weighted by Gasteiger charge is 2.16. The quantitative estimate of drug-likeness (QED) is 0.725. The van der Waals surface area contributed by atoms with Crippen LogP contribution in [0.15, 0.2) is 53.4 Å². The zero-order chi connectivity index (χ0) is 20.0. The van der Waals surface area contributed by atoms with Crippen molar-refractivity contribution in [2.45, 2.75) is 44.9 Å². The molecule has 6 heteroatoms. The molecule has 27 heavy (non-hydrogen) atoms. The maximum Gasteiger partial charge on any atom is 0.261 e. The van der Waals surface area contributed by atoms with Crippen LogP contribution in [-0.2, 0) is 10.0 Å². The first-order valence-corrected chi connectivity index (χ1v) is 10.8. The van der Waals surface area contributed by atoms with Gasteiger partial charge in [0.15, 0.2) is 0 Å². The van der Waals surface area contributed by atoms with Crippen LogP contribution in [0.3, 0.4) is 0 Å². The number of hydrogen-bond acceptors (Lipinski definition) is 3. The summed E-state index contributed by atoms with van der Waals surface area (Å²) in [6.45, 7) is 9.34. The number of amides is 1. The zero-order valence-corrected chi connectivity index (χ0v) is 17.2. The zero-order valence-electron chi connectivity index (χ0n) is 16.4. The van der Waals surface area contributed by atoms with Crippen LogP contribution in [0.2, 0.25) is 0 Å². The Kier molecular flexibility index (Phi) is 7.02. The third-order valence-corrected chi connectivity index (χ3v) is 6.20. The standard InChI is InChI=1S/C21H28N2O3S/c1-5-16(4)17-10-14-20(15-11-17)27(25,26)22-19-12-8-18(9-13-19)21(24)23(6-2)7-3/h8-16,22H,5-7H2,1-4H3/t16-/m1/s1. The van der Waals surface area contributed by atoms with Crippen molar-refractivity contribution in [1.29, 1.82) is 0 Å². The minimum atomic E-state index is -3.67. The highest BCUT2D eigenvalue weighted by Crippen LogP contribution is 2.22. The summed E-state index contributed by atoms with van der Waals surface area (Å²) < 4.78 is 27.7. The van der Waals surface area contributed by atoms with E-state index in [4.69, 9.17) is 0 Å². The molecule has 0 aliphatic rings. The molecule has 0 radical (unpaired) electrons. The average molecular weight is 389 g/mol. The molecule has 0 bridgehead atoms. The van der Waals surface area contributed by atoms with Crippen molar-refractivity contribution in [2.24, 2.45) is 0 Å². The molecule has 0 saturated carbocycles. The minimum absolute atomic E-state index is 0.0601. The van der Waals surface area contributed by atoms with Gasteiger partial charge in [-0.2, -0.15) is 0 Å². The number of rotatable bonds is 8. The van der Waals surface area contributed by atoms with Gasteiger partial charge in [0.05, 0.1) is 4.90 Å². The molecule has 2 rings (SSSR count). The molecule has 0 aromatic heterocycles. The number of benzene rings is 2. The van der Waals surface area contributed by atoms with Crippen LogP contribution in [0.4, 0.5) is 5.69 Å². The van der Waals surface area contributed by atoms with E-state index in [1.165, 1.54) is 0 Å². The molecule has 0 saturated heterocycles. The average Bonchev–Trinajstić information content (AvgIpc) is 2.68. The molecule has 0 spiro atoms. The molecule has 1 atom stereocenters. The summed E-state index contributed by atoms with van der Waals surface area (Å²) in [6.07, 6.45) is 1.00. The Morgan fingerprint density at radius 3 is 2.00 bits per heavy atom. The van der Waals surface area contributed by atoms with Gasteiger partial charge >= 0.3 is 0 Å². The Hall–Kier alpha value is -2.34. The lowest BCUT2D eigenvalue weighted by Gasteiger charge is -2.18. The lowest BCUT2D eigenvalue weighted by Crippen LogP contribution is -2.30. The molecule has 0 unspecified atom stereocenters. The summed E-state index contributed by atoms with van der Waals surface area (Å²) in [5.41, 5.74) is 2.09. The maximum absolute atomic E-state index is 12.6. The summed E-state index contributed by atoms with van der Waals surface area (Å²) in [6, 6.07) is 13.5. The van der Waals surface area contributed by atoms with Gasteiger partial charge in [-0.3, -0.25) is 9.52 Å². The fourth-order valence-electron chi connectivity index (χ4n) is 2.80. The molecule has 2 aromatic carbocycles. The van der Waals surface area contributed by atoms with Gasteiger partial charge in [-0.25, -0.2) is 8.42 Å². The monoisotopic (exact) mass is 388 g/mol. The van der Waals surface area contributed by atoms with Gasteiger partial charge < -0.3 is 4.90 Å². The van der Waals surface area contributed by atoms with Crippen molar-refractivity contribution in [3.05, 3.63) is 59.7 Å². The Morgan fingerprint density at radius 2 is 1.52 bits per heavy atom. The lowest BCUT2D eigenvalue weighted by molar-refractivity contribution is 0.0773. The molecule has 5 nitrogen and oxygen atoms in total. The molecular weight excluding hydrogens is 360 g/mol. The van der Waals surface area contributed by atoms with Gasteiger partial charge in [0.25, 0.3) is 15.9 Å². The molecule has 0 aliphatic carbocycles. The SMILES string of the molecule is CC[C@@H](C)c1ccc(S(=O)(=O)Nc2ccc(C(=O)N(CC)CC)cc2)cc1. The third kappa shape index (κ3) is 5.10. The highest BCUT2D eigenvalue weighted by atomic mass is 32.2. The van der Waals surface area contributed by atoms with Crippen LogP contribution in [0.1, 0.15) is 56.0 Å². The first kappa shape index (κ1) is 21.0. The molecule has 146 valence electrons. The number of sulfonamides is 1. The molecule has 0 aliphatic heterocycles. The van der Waals surface area contributed by atoms with E-state index in [-0.39, 0.29) is 10.8 Å². The minimum Gasteiger partial charge on any atom is -0.339 e. The van der Waals surface area contributed by atoms with E-state index in [0.717, 1.165) is 12.0 Å². The van der Waals surface area contributed by atoms with E-state index in [1.54, 1.807) is 41.3 Å². The van der Waals surface area contributed by atoms with Crippen molar-refractivity contribution in [1.82, 2.24) is 4.90 Å². The van der Waals surface area contributed by atoms with Gasteiger partial charge in [0.1, 0.15) is 0 Å². The van der Waals surface area contributed by atoms with E-state index < -0.39 is 10.0 Å². The Bertz CT molecular complexity index is 855. The Morgan fingerprint density at radius 1 is 0.963 bits per heavy atom. The van der Waals surface area contributed by atoms with Crippen molar-refractivity contribution in [3.8, 4) is 0 Å².